The quantitative estimate of drug-likeness (QED) is 0.847. The van der Waals surface area contributed by atoms with Crippen LogP contribution in [0.5, 0.6) is 0 Å². The summed E-state index contributed by atoms with van der Waals surface area (Å²) in [6.07, 6.45) is -0.319. The van der Waals surface area contributed by atoms with E-state index in [0.29, 0.717) is 5.69 Å². The van der Waals surface area contributed by atoms with E-state index in [9.17, 15) is 14.0 Å². The number of aliphatic carboxylic acids is 1. The molecule has 0 radical (unpaired) electrons. The molecule has 0 aliphatic heterocycles. The Bertz CT molecular complexity index is 406. The number of anilines is 1. The number of nitrogens with zero attached hydrogens (tertiary/aromatic N) is 1. The van der Waals surface area contributed by atoms with E-state index in [4.69, 9.17) is 5.11 Å². The zero-order valence-corrected chi connectivity index (χ0v) is 8.81. The molecular formula is C11H12FNO3. The van der Waals surface area contributed by atoms with Gasteiger partial charge in [0.15, 0.2) is 0 Å². The number of hydrogen-bond donors (Lipinski definition) is 1. The van der Waals surface area contributed by atoms with Crippen molar-refractivity contribution in [3.05, 3.63) is 30.1 Å². The lowest BCUT2D eigenvalue weighted by molar-refractivity contribution is -0.138. The van der Waals surface area contributed by atoms with Crippen molar-refractivity contribution in [2.75, 3.05) is 11.9 Å². The fourth-order valence-corrected chi connectivity index (χ4v) is 1.21. The highest BCUT2D eigenvalue weighted by Gasteiger charge is 2.12. The van der Waals surface area contributed by atoms with E-state index in [1.807, 2.05) is 0 Å². The Labute approximate surface area is 92.3 Å². The van der Waals surface area contributed by atoms with E-state index in [1.165, 1.54) is 30.1 Å². The van der Waals surface area contributed by atoms with Crippen LogP contribution >= 0.6 is 0 Å². The third-order valence-corrected chi connectivity index (χ3v) is 2.12. The number of halogens is 1. The van der Waals surface area contributed by atoms with Gasteiger partial charge in [0.1, 0.15) is 5.82 Å². The molecule has 0 aliphatic rings. The van der Waals surface area contributed by atoms with E-state index in [2.05, 4.69) is 0 Å². The molecule has 1 aromatic carbocycles. The molecule has 0 fully saturated rings. The number of rotatable bonds is 4. The molecule has 0 saturated carbocycles. The minimum absolute atomic E-state index is 0.0949. The Morgan fingerprint density at radius 1 is 1.38 bits per heavy atom. The monoisotopic (exact) mass is 225 g/mol. The minimum atomic E-state index is -1.03. The lowest BCUT2D eigenvalue weighted by Crippen LogP contribution is -2.26. The van der Waals surface area contributed by atoms with E-state index in [0.717, 1.165) is 0 Å². The molecule has 0 atom stereocenters. The molecule has 0 bridgehead atoms. The number of carboxylic acids is 1. The predicted octanol–water partition coefficient (Wildman–Crippen LogP) is 1.65. The second kappa shape index (κ2) is 5.25. The minimum Gasteiger partial charge on any atom is -0.481 e. The second-order valence-corrected chi connectivity index (χ2v) is 3.33. The molecule has 1 amide bonds. The zero-order valence-electron chi connectivity index (χ0n) is 8.81. The van der Waals surface area contributed by atoms with Crippen LogP contribution in [-0.2, 0) is 9.59 Å². The predicted molar refractivity (Wildman–Crippen MR) is 56.7 cm³/mol. The first-order valence-electron chi connectivity index (χ1n) is 4.74. The fraction of sp³-hybridized carbons (Fsp3) is 0.273. The van der Waals surface area contributed by atoms with Gasteiger partial charge in [-0.05, 0) is 18.2 Å². The van der Waals surface area contributed by atoms with E-state index in [-0.39, 0.29) is 18.7 Å². The molecule has 16 heavy (non-hydrogen) atoms. The average molecular weight is 225 g/mol. The van der Waals surface area contributed by atoms with Crippen LogP contribution in [0, 0.1) is 5.82 Å². The summed E-state index contributed by atoms with van der Waals surface area (Å²) in [5.74, 6) is -1.82. The number of carbonyl (C=O) groups excluding carboxylic acids is 1. The average Bonchev–Trinajstić information content (AvgIpc) is 2.24. The maximum absolute atomic E-state index is 12.9. The molecule has 5 heteroatoms. The first-order valence-corrected chi connectivity index (χ1v) is 4.74. The van der Waals surface area contributed by atoms with Crippen molar-refractivity contribution in [3.8, 4) is 0 Å². The van der Waals surface area contributed by atoms with Gasteiger partial charge >= 0.3 is 5.97 Å². The zero-order chi connectivity index (χ0) is 12.1. The SMILES string of the molecule is CN(C(=O)CCC(=O)O)c1cccc(F)c1. The van der Waals surface area contributed by atoms with Gasteiger partial charge in [0, 0.05) is 19.2 Å². The van der Waals surface area contributed by atoms with Crippen LogP contribution in [0.3, 0.4) is 0 Å². The third kappa shape index (κ3) is 3.34. The maximum Gasteiger partial charge on any atom is 0.303 e. The standard InChI is InChI=1S/C11H12FNO3/c1-13(10(14)5-6-11(15)16)9-4-2-3-8(12)7-9/h2-4,7H,5-6H2,1H3,(H,15,16). The number of benzene rings is 1. The van der Waals surface area contributed by atoms with Crippen LogP contribution in [0.15, 0.2) is 24.3 Å². The Kier molecular flexibility index (Phi) is 3.99. The summed E-state index contributed by atoms with van der Waals surface area (Å²) < 4.78 is 12.9. The van der Waals surface area contributed by atoms with E-state index >= 15 is 0 Å². The normalized spacial score (nSPS) is 9.88. The summed E-state index contributed by atoms with van der Waals surface area (Å²) in [7, 11) is 1.49. The Hall–Kier alpha value is -1.91. The van der Waals surface area contributed by atoms with Crippen LogP contribution < -0.4 is 4.90 Å². The summed E-state index contributed by atoms with van der Waals surface area (Å²) in [4.78, 5) is 23.0. The molecule has 0 heterocycles. The van der Waals surface area contributed by atoms with Gasteiger partial charge in [-0.15, -0.1) is 0 Å². The first kappa shape index (κ1) is 12.2. The van der Waals surface area contributed by atoms with Gasteiger partial charge < -0.3 is 10.0 Å². The van der Waals surface area contributed by atoms with E-state index < -0.39 is 11.8 Å². The largest absolute Gasteiger partial charge is 0.481 e. The van der Waals surface area contributed by atoms with Crippen molar-refractivity contribution >= 4 is 17.6 Å². The Morgan fingerprint density at radius 2 is 2.06 bits per heavy atom. The third-order valence-electron chi connectivity index (χ3n) is 2.12. The molecule has 1 N–H and O–H groups in total. The molecule has 1 aromatic rings. The van der Waals surface area contributed by atoms with Crippen LogP contribution in [0.2, 0.25) is 0 Å². The van der Waals surface area contributed by atoms with Crippen molar-refractivity contribution in [2.45, 2.75) is 12.8 Å². The van der Waals surface area contributed by atoms with Crippen molar-refractivity contribution in [2.24, 2.45) is 0 Å². The summed E-state index contributed by atoms with van der Waals surface area (Å²) in [5.41, 5.74) is 0.412. The molecule has 0 saturated heterocycles. The number of hydrogen-bond acceptors (Lipinski definition) is 2. The summed E-state index contributed by atoms with van der Waals surface area (Å²) in [6.45, 7) is 0. The van der Waals surface area contributed by atoms with Gasteiger partial charge in [-0.3, -0.25) is 9.59 Å². The smallest absolute Gasteiger partial charge is 0.303 e. The summed E-state index contributed by atoms with van der Waals surface area (Å²) in [5, 5.41) is 8.43. The van der Waals surface area contributed by atoms with Gasteiger partial charge in [-0.1, -0.05) is 6.07 Å². The highest BCUT2D eigenvalue weighted by molar-refractivity contribution is 5.94. The summed E-state index contributed by atoms with van der Waals surface area (Å²) >= 11 is 0. The van der Waals surface area contributed by atoms with E-state index in [1.54, 1.807) is 6.07 Å². The molecule has 0 aliphatic carbocycles. The van der Waals surface area contributed by atoms with Gasteiger partial charge in [0.25, 0.3) is 0 Å². The van der Waals surface area contributed by atoms with Crippen LogP contribution in [0.25, 0.3) is 0 Å². The van der Waals surface area contributed by atoms with Crippen LogP contribution in [0.1, 0.15) is 12.8 Å². The Morgan fingerprint density at radius 3 is 2.62 bits per heavy atom. The molecule has 1 rings (SSSR count). The second-order valence-electron chi connectivity index (χ2n) is 3.33. The topological polar surface area (TPSA) is 57.6 Å². The van der Waals surface area contributed by atoms with Gasteiger partial charge in [-0.2, -0.15) is 0 Å². The lowest BCUT2D eigenvalue weighted by atomic mass is 10.2. The number of amides is 1. The molecule has 0 unspecified atom stereocenters. The summed E-state index contributed by atoms with van der Waals surface area (Å²) in [6, 6.07) is 5.57. The van der Waals surface area contributed by atoms with Crippen LogP contribution in [0.4, 0.5) is 10.1 Å². The van der Waals surface area contributed by atoms with Crippen LogP contribution in [-0.4, -0.2) is 24.0 Å². The molecular weight excluding hydrogens is 213 g/mol. The first-order chi connectivity index (χ1) is 7.50. The highest BCUT2D eigenvalue weighted by Crippen LogP contribution is 2.15. The van der Waals surface area contributed by atoms with Crippen molar-refractivity contribution in [1.82, 2.24) is 0 Å². The van der Waals surface area contributed by atoms with Gasteiger partial charge in [0.2, 0.25) is 5.91 Å². The molecule has 4 nitrogen and oxygen atoms in total. The molecule has 0 spiro atoms. The fourth-order valence-electron chi connectivity index (χ4n) is 1.21. The maximum atomic E-state index is 12.9. The highest BCUT2D eigenvalue weighted by atomic mass is 19.1. The lowest BCUT2D eigenvalue weighted by Gasteiger charge is -2.16. The van der Waals surface area contributed by atoms with Gasteiger partial charge in [-0.25, -0.2) is 4.39 Å². The van der Waals surface area contributed by atoms with Crippen molar-refractivity contribution in [3.63, 3.8) is 0 Å². The molecule has 86 valence electrons. The molecule has 0 aromatic heterocycles. The Balaban J connectivity index is 2.66. The number of carboxylic acid groups (broad SMARTS) is 1. The van der Waals surface area contributed by atoms with Gasteiger partial charge in [0.05, 0.1) is 6.42 Å². The number of carbonyl (C=O) groups is 2. The van der Waals surface area contributed by atoms with Crippen molar-refractivity contribution in [1.29, 1.82) is 0 Å². The van der Waals surface area contributed by atoms with Crippen molar-refractivity contribution < 1.29 is 19.1 Å².